The Hall–Kier alpha value is -2.77. The molecule has 13 nitrogen and oxygen atoms in total. The Kier molecular flexibility index (Phi) is 11.7. The second-order valence-electron chi connectivity index (χ2n) is 7.44. The van der Waals surface area contributed by atoms with E-state index >= 15 is 0 Å². The molecule has 0 aliphatic carbocycles. The van der Waals surface area contributed by atoms with Gasteiger partial charge in [-0.25, -0.2) is 4.79 Å². The Balaban J connectivity index is 5.41. The zero-order valence-electron chi connectivity index (χ0n) is 18.0. The fraction of sp³-hybridized carbons (Fsp3) is 0.722. The van der Waals surface area contributed by atoms with Crippen molar-refractivity contribution in [2.45, 2.75) is 76.9 Å². The summed E-state index contributed by atoms with van der Waals surface area (Å²) in [6, 6.07) is -5.77. The van der Waals surface area contributed by atoms with Crippen molar-refractivity contribution in [3.63, 3.8) is 0 Å². The van der Waals surface area contributed by atoms with Gasteiger partial charge >= 0.3 is 5.97 Å². The van der Waals surface area contributed by atoms with Gasteiger partial charge in [-0.3, -0.25) is 19.2 Å². The number of carboxylic acids is 1. The molecule has 7 atom stereocenters. The van der Waals surface area contributed by atoms with Crippen molar-refractivity contribution < 1.29 is 39.3 Å². The van der Waals surface area contributed by atoms with Crippen molar-refractivity contribution in [1.82, 2.24) is 16.0 Å². The largest absolute Gasteiger partial charge is 0.480 e. The van der Waals surface area contributed by atoms with Gasteiger partial charge in [0.15, 0.2) is 0 Å². The number of aliphatic carboxylic acids is 1. The summed E-state index contributed by atoms with van der Waals surface area (Å²) in [5, 5.41) is 35.7. The number of primary amides is 1. The number of carbonyl (C=O) groups is 5. The lowest BCUT2D eigenvalue weighted by Crippen LogP contribution is -2.62. The first-order valence-electron chi connectivity index (χ1n) is 9.76. The van der Waals surface area contributed by atoms with Crippen molar-refractivity contribution in [3.05, 3.63) is 0 Å². The van der Waals surface area contributed by atoms with Crippen LogP contribution in [0.3, 0.4) is 0 Å². The molecule has 0 saturated carbocycles. The van der Waals surface area contributed by atoms with Crippen LogP contribution in [-0.4, -0.2) is 81.3 Å². The maximum Gasteiger partial charge on any atom is 0.326 e. The summed E-state index contributed by atoms with van der Waals surface area (Å²) < 4.78 is 0. The summed E-state index contributed by atoms with van der Waals surface area (Å²) in [7, 11) is 0. The Labute approximate surface area is 179 Å². The fourth-order valence-corrected chi connectivity index (χ4v) is 2.55. The number of aliphatic hydroxyl groups is 2. The highest BCUT2D eigenvalue weighted by atomic mass is 16.4. The van der Waals surface area contributed by atoms with Crippen molar-refractivity contribution in [2.24, 2.45) is 17.4 Å². The quantitative estimate of drug-likeness (QED) is 0.140. The van der Waals surface area contributed by atoms with Gasteiger partial charge in [0.1, 0.15) is 18.1 Å². The number of aliphatic hydroxyl groups excluding tert-OH is 2. The number of hydrogen-bond donors (Lipinski definition) is 8. The lowest BCUT2D eigenvalue weighted by Gasteiger charge is -2.28. The first-order chi connectivity index (χ1) is 14.2. The minimum atomic E-state index is -1.58. The number of amides is 4. The standard InChI is InChI=1S/C18H33N5O8/c1-5-7(2)12(18(30)31)21-16(28)14(9(4)25)23-17(29)13(8(3)24)22-15(27)10(19)6-11(20)26/h7-10,12-14,24-25H,5-6,19H2,1-4H3,(H2,20,26)(H,21,28)(H,22,27)(H,23,29)(H,30,31). The molecule has 0 radical (unpaired) electrons. The van der Waals surface area contributed by atoms with Crippen molar-refractivity contribution >= 4 is 29.6 Å². The fourth-order valence-electron chi connectivity index (χ4n) is 2.55. The number of nitrogens with one attached hydrogen (secondary N) is 3. The Morgan fingerprint density at radius 3 is 1.52 bits per heavy atom. The first kappa shape index (κ1) is 28.2. The van der Waals surface area contributed by atoms with Gasteiger partial charge in [0.2, 0.25) is 23.6 Å². The van der Waals surface area contributed by atoms with Gasteiger partial charge in [0.05, 0.1) is 24.7 Å². The van der Waals surface area contributed by atoms with Gasteiger partial charge < -0.3 is 42.7 Å². The molecule has 10 N–H and O–H groups in total. The average Bonchev–Trinajstić information content (AvgIpc) is 2.65. The summed E-state index contributed by atoms with van der Waals surface area (Å²) in [5.74, 6) is -5.50. The monoisotopic (exact) mass is 447 g/mol. The maximum absolute atomic E-state index is 12.6. The van der Waals surface area contributed by atoms with Crippen molar-refractivity contribution in [2.75, 3.05) is 0 Å². The summed E-state index contributed by atoms with van der Waals surface area (Å²) in [5.41, 5.74) is 10.5. The number of hydrogen-bond acceptors (Lipinski definition) is 8. The van der Waals surface area contributed by atoms with Crippen LogP contribution < -0.4 is 27.4 Å². The molecule has 0 aliphatic heterocycles. The number of rotatable bonds is 13. The van der Waals surface area contributed by atoms with Crippen LogP contribution in [0.2, 0.25) is 0 Å². The smallest absolute Gasteiger partial charge is 0.326 e. The molecular formula is C18H33N5O8. The molecule has 0 spiro atoms. The second-order valence-corrected chi connectivity index (χ2v) is 7.44. The Bertz CT molecular complexity index is 669. The molecular weight excluding hydrogens is 414 g/mol. The SMILES string of the molecule is CCC(C)C(NC(=O)C(NC(=O)C(NC(=O)C(N)CC(N)=O)C(C)O)C(C)O)C(=O)O. The molecule has 13 heteroatoms. The van der Waals surface area contributed by atoms with E-state index in [-0.39, 0.29) is 0 Å². The number of carbonyl (C=O) groups excluding carboxylic acids is 4. The van der Waals surface area contributed by atoms with Gasteiger partial charge in [0.25, 0.3) is 0 Å². The molecule has 178 valence electrons. The molecule has 0 rings (SSSR count). The van der Waals surface area contributed by atoms with E-state index in [9.17, 15) is 39.3 Å². The van der Waals surface area contributed by atoms with Gasteiger partial charge in [-0.15, -0.1) is 0 Å². The zero-order chi connectivity index (χ0) is 24.5. The van der Waals surface area contributed by atoms with Crippen LogP contribution in [-0.2, 0) is 24.0 Å². The van der Waals surface area contributed by atoms with Crippen LogP contribution in [0.5, 0.6) is 0 Å². The lowest BCUT2D eigenvalue weighted by atomic mass is 9.98. The summed E-state index contributed by atoms with van der Waals surface area (Å²) in [4.78, 5) is 59.5. The van der Waals surface area contributed by atoms with Gasteiger partial charge in [-0.05, 0) is 19.8 Å². The predicted molar refractivity (Wildman–Crippen MR) is 108 cm³/mol. The molecule has 0 heterocycles. The van der Waals surface area contributed by atoms with E-state index in [2.05, 4.69) is 16.0 Å². The highest BCUT2D eigenvalue weighted by Crippen LogP contribution is 2.09. The van der Waals surface area contributed by atoms with Gasteiger partial charge in [0, 0.05) is 0 Å². The maximum atomic E-state index is 12.6. The molecule has 4 amide bonds. The van der Waals surface area contributed by atoms with E-state index in [1.54, 1.807) is 13.8 Å². The highest BCUT2D eigenvalue weighted by molar-refractivity contribution is 5.95. The Morgan fingerprint density at radius 2 is 1.19 bits per heavy atom. The minimum absolute atomic E-state index is 0.428. The van der Waals surface area contributed by atoms with Crippen LogP contribution in [0.1, 0.15) is 40.5 Å². The third kappa shape index (κ3) is 9.27. The number of carboxylic acid groups (broad SMARTS) is 1. The zero-order valence-corrected chi connectivity index (χ0v) is 18.0. The van der Waals surface area contributed by atoms with Crippen molar-refractivity contribution in [1.29, 1.82) is 0 Å². The summed E-state index contributed by atoms with van der Waals surface area (Å²) in [6.45, 7) is 5.73. The van der Waals surface area contributed by atoms with Crippen LogP contribution in [0.15, 0.2) is 0 Å². The van der Waals surface area contributed by atoms with Crippen LogP contribution in [0, 0.1) is 5.92 Å². The van der Waals surface area contributed by atoms with E-state index in [4.69, 9.17) is 11.5 Å². The van der Waals surface area contributed by atoms with E-state index in [0.29, 0.717) is 6.42 Å². The Morgan fingerprint density at radius 1 is 0.806 bits per heavy atom. The van der Waals surface area contributed by atoms with Gasteiger partial charge in [-0.1, -0.05) is 20.3 Å². The third-order valence-electron chi connectivity index (χ3n) is 4.66. The first-order valence-corrected chi connectivity index (χ1v) is 9.76. The molecule has 0 aliphatic rings. The second kappa shape index (κ2) is 12.8. The molecule has 0 saturated heterocycles. The molecule has 0 bridgehead atoms. The third-order valence-corrected chi connectivity index (χ3v) is 4.66. The molecule has 0 aromatic rings. The van der Waals surface area contributed by atoms with Crippen LogP contribution in [0.4, 0.5) is 0 Å². The van der Waals surface area contributed by atoms with E-state index < -0.39 is 78.3 Å². The normalized spacial score (nSPS) is 17.8. The van der Waals surface area contributed by atoms with E-state index in [1.807, 2.05) is 0 Å². The topological polar surface area (TPSA) is 234 Å². The highest BCUT2D eigenvalue weighted by Gasteiger charge is 2.35. The summed E-state index contributed by atoms with van der Waals surface area (Å²) >= 11 is 0. The van der Waals surface area contributed by atoms with Gasteiger partial charge in [-0.2, -0.15) is 0 Å². The van der Waals surface area contributed by atoms with E-state index in [1.165, 1.54) is 13.8 Å². The average molecular weight is 447 g/mol. The van der Waals surface area contributed by atoms with Crippen LogP contribution >= 0.6 is 0 Å². The lowest BCUT2D eigenvalue weighted by molar-refractivity contribution is -0.144. The molecule has 7 unspecified atom stereocenters. The predicted octanol–water partition coefficient (Wildman–Crippen LogP) is -3.46. The summed E-state index contributed by atoms with van der Waals surface area (Å²) in [6.07, 6.45) is -2.91. The van der Waals surface area contributed by atoms with Crippen molar-refractivity contribution in [3.8, 4) is 0 Å². The molecule has 31 heavy (non-hydrogen) atoms. The molecule has 0 aromatic carbocycles. The molecule has 0 fully saturated rings. The minimum Gasteiger partial charge on any atom is -0.480 e. The number of nitrogens with two attached hydrogens (primary N) is 2. The van der Waals surface area contributed by atoms with E-state index in [0.717, 1.165) is 0 Å². The molecule has 0 aromatic heterocycles. The van der Waals surface area contributed by atoms with Crippen LogP contribution in [0.25, 0.3) is 0 Å².